The highest BCUT2D eigenvalue weighted by atomic mass is 16.2. The highest BCUT2D eigenvalue weighted by Crippen LogP contribution is 2.25. The monoisotopic (exact) mass is 331 g/mol. The van der Waals surface area contributed by atoms with Crippen molar-refractivity contribution in [3.63, 3.8) is 0 Å². The van der Waals surface area contributed by atoms with Gasteiger partial charge in [0.05, 0.1) is 5.69 Å². The van der Waals surface area contributed by atoms with Crippen molar-refractivity contribution >= 4 is 11.6 Å². The lowest BCUT2D eigenvalue weighted by atomic mass is 10.0. The number of amides is 1. The molecular weight excluding hydrogens is 310 g/mol. The van der Waals surface area contributed by atoms with E-state index >= 15 is 0 Å². The summed E-state index contributed by atoms with van der Waals surface area (Å²) >= 11 is 0. The minimum Gasteiger partial charge on any atom is -0.316 e. The van der Waals surface area contributed by atoms with Gasteiger partial charge >= 0.3 is 0 Å². The lowest BCUT2D eigenvalue weighted by Gasteiger charge is -2.16. The molecule has 0 aliphatic rings. The Balaban J connectivity index is 1.72. The lowest BCUT2D eigenvalue weighted by molar-refractivity contribution is -0.122. The van der Waals surface area contributed by atoms with Gasteiger partial charge < -0.3 is 5.73 Å². The fraction of sp³-hybridized carbons (Fsp3) is 0.0952. The van der Waals surface area contributed by atoms with E-state index in [-0.39, 0.29) is 5.91 Å². The first-order valence-corrected chi connectivity index (χ1v) is 8.17. The van der Waals surface area contributed by atoms with Crippen molar-refractivity contribution in [3.8, 4) is 11.1 Å². The average Bonchev–Trinajstić information content (AvgIpc) is 2.68. The molecule has 1 unspecified atom stereocenters. The predicted molar refractivity (Wildman–Crippen MR) is 102 cm³/mol. The fourth-order valence-electron chi connectivity index (χ4n) is 2.59. The molecule has 126 valence electrons. The maximum atomic E-state index is 12.3. The minimum atomic E-state index is -0.716. The Morgan fingerprint density at radius 2 is 1.52 bits per heavy atom. The number of carbonyl (C=O) groups is 1. The SMILES string of the molecule is Cc1ccc(-c2ccccc2)cc1NNC(=O)C(N)c1ccccc1. The zero-order valence-electron chi connectivity index (χ0n) is 14.1. The topological polar surface area (TPSA) is 67.1 Å². The maximum absolute atomic E-state index is 12.3. The quantitative estimate of drug-likeness (QED) is 0.623. The number of nitrogens with two attached hydrogens (primary N) is 1. The standard InChI is InChI=1S/C21H21N3O/c1-15-12-13-18(16-8-4-2-5-9-16)14-19(15)23-24-21(25)20(22)17-10-6-3-7-11-17/h2-14,20,23H,22H2,1H3,(H,24,25). The van der Waals surface area contributed by atoms with Crippen LogP contribution in [-0.2, 0) is 4.79 Å². The molecule has 0 aliphatic carbocycles. The van der Waals surface area contributed by atoms with E-state index in [0.717, 1.165) is 27.9 Å². The second kappa shape index (κ2) is 7.64. The Kier molecular flexibility index (Phi) is 5.11. The first-order valence-electron chi connectivity index (χ1n) is 8.17. The van der Waals surface area contributed by atoms with Crippen LogP contribution in [0.15, 0.2) is 78.9 Å². The van der Waals surface area contributed by atoms with Gasteiger partial charge in [0.2, 0.25) is 0 Å². The summed E-state index contributed by atoms with van der Waals surface area (Å²) in [4.78, 5) is 12.3. The molecular formula is C21H21N3O. The Hall–Kier alpha value is -3.11. The van der Waals surface area contributed by atoms with E-state index in [0.29, 0.717) is 0 Å². The van der Waals surface area contributed by atoms with Crippen LogP contribution in [-0.4, -0.2) is 5.91 Å². The number of carbonyl (C=O) groups excluding carboxylic acids is 1. The van der Waals surface area contributed by atoms with Crippen molar-refractivity contribution in [2.45, 2.75) is 13.0 Å². The molecule has 4 N–H and O–H groups in total. The van der Waals surface area contributed by atoms with Crippen LogP contribution in [0.2, 0.25) is 0 Å². The average molecular weight is 331 g/mol. The van der Waals surface area contributed by atoms with Crippen LogP contribution < -0.4 is 16.6 Å². The molecule has 0 aromatic heterocycles. The second-order valence-electron chi connectivity index (χ2n) is 5.90. The van der Waals surface area contributed by atoms with Crippen LogP contribution in [0.1, 0.15) is 17.2 Å². The summed E-state index contributed by atoms with van der Waals surface area (Å²) in [5, 5.41) is 0. The molecule has 0 aliphatic heterocycles. The van der Waals surface area contributed by atoms with Gasteiger partial charge in [-0.1, -0.05) is 72.8 Å². The number of aryl methyl sites for hydroxylation is 1. The van der Waals surface area contributed by atoms with Crippen molar-refractivity contribution in [3.05, 3.63) is 90.0 Å². The molecule has 0 spiro atoms. The number of benzene rings is 3. The number of hydrogen-bond donors (Lipinski definition) is 3. The van der Waals surface area contributed by atoms with E-state index in [1.807, 2.05) is 67.6 Å². The fourth-order valence-corrected chi connectivity index (χ4v) is 2.59. The summed E-state index contributed by atoms with van der Waals surface area (Å²) in [6, 6.07) is 24.8. The van der Waals surface area contributed by atoms with Crippen LogP contribution in [0.3, 0.4) is 0 Å². The molecule has 3 aromatic rings. The van der Waals surface area contributed by atoms with Crippen molar-refractivity contribution in [2.24, 2.45) is 5.73 Å². The molecule has 4 nitrogen and oxygen atoms in total. The third-order valence-corrected chi connectivity index (χ3v) is 4.11. The van der Waals surface area contributed by atoms with E-state index in [1.165, 1.54) is 0 Å². The second-order valence-corrected chi connectivity index (χ2v) is 5.90. The van der Waals surface area contributed by atoms with E-state index < -0.39 is 6.04 Å². The van der Waals surface area contributed by atoms with E-state index in [1.54, 1.807) is 0 Å². The highest BCUT2D eigenvalue weighted by molar-refractivity contribution is 5.84. The number of nitrogens with one attached hydrogen (secondary N) is 2. The minimum absolute atomic E-state index is 0.282. The van der Waals surface area contributed by atoms with E-state index in [2.05, 4.69) is 29.1 Å². The highest BCUT2D eigenvalue weighted by Gasteiger charge is 2.15. The van der Waals surface area contributed by atoms with E-state index in [4.69, 9.17) is 5.73 Å². The Bertz CT molecular complexity index is 848. The summed E-state index contributed by atoms with van der Waals surface area (Å²) in [6.07, 6.45) is 0. The molecule has 1 atom stereocenters. The first-order chi connectivity index (χ1) is 12.1. The van der Waals surface area contributed by atoms with Crippen molar-refractivity contribution in [2.75, 3.05) is 5.43 Å². The Morgan fingerprint density at radius 3 is 2.20 bits per heavy atom. The molecule has 0 radical (unpaired) electrons. The van der Waals surface area contributed by atoms with Crippen molar-refractivity contribution < 1.29 is 4.79 Å². The summed E-state index contributed by atoms with van der Waals surface area (Å²) in [6.45, 7) is 1.99. The number of anilines is 1. The molecule has 4 heteroatoms. The molecule has 3 rings (SSSR count). The van der Waals surface area contributed by atoms with Crippen LogP contribution >= 0.6 is 0 Å². The Morgan fingerprint density at radius 1 is 0.880 bits per heavy atom. The molecule has 0 heterocycles. The van der Waals surface area contributed by atoms with Gasteiger partial charge in [-0.25, -0.2) is 0 Å². The third-order valence-electron chi connectivity index (χ3n) is 4.11. The molecule has 0 saturated heterocycles. The van der Waals surface area contributed by atoms with Crippen LogP contribution in [0, 0.1) is 6.92 Å². The lowest BCUT2D eigenvalue weighted by Crippen LogP contribution is -2.37. The predicted octanol–water partition coefficient (Wildman–Crippen LogP) is 3.81. The molecule has 0 saturated carbocycles. The van der Waals surface area contributed by atoms with Gasteiger partial charge in [0, 0.05) is 0 Å². The van der Waals surface area contributed by atoms with Crippen molar-refractivity contribution in [1.82, 2.24) is 5.43 Å². The van der Waals surface area contributed by atoms with Gasteiger partial charge in [0.1, 0.15) is 6.04 Å². The smallest absolute Gasteiger partial charge is 0.259 e. The van der Waals surface area contributed by atoms with Crippen LogP contribution in [0.5, 0.6) is 0 Å². The number of rotatable bonds is 5. The molecule has 25 heavy (non-hydrogen) atoms. The van der Waals surface area contributed by atoms with Gasteiger partial charge in [0.15, 0.2) is 0 Å². The molecule has 3 aromatic carbocycles. The summed E-state index contributed by atoms with van der Waals surface area (Å²) < 4.78 is 0. The number of hydrogen-bond acceptors (Lipinski definition) is 3. The summed E-state index contributed by atoms with van der Waals surface area (Å²) in [7, 11) is 0. The zero-order chi connectivity index (χ0) is 17.6. The zero-order valence-corrected chi connectivity index (χ0v) is 14.1. The third kappa shape index (κ3) is 4.05. The van der Waals surface area contributed by atoms with Gasteiger partial charge in [-0.05, 0) is 35.2 Å². The van der Waals surface area contributed by atoms with Gasteiger partial charge in [-0.3, -0.25) is 15.6 Å². The Labute approximate surface area is 147 Å². The molecule has 0 fully saturated rings. The van der Waals surface area contributed by atoms with Gasteiger partial charge in [-0.15, -0.1) is 0 Å². The van der Waals surface area contributed by atoms with E-state index in [9.17, 15) is 4.79 Å². The van der Waals surface area contributed by atoms with Crippen molar-refractivity contribution in [1.29, 1.82) is 0 Å². The normalized spacial score (nSPS) is 11.6. The van der Waals surface area contributed by atoms with Gasteiger partial charge in [-0.2, -0.15) is 0 Å². The van der Waals surface area contributed by atoms with Crippen LogP contribution in [0.4, 0.5) is 5.69 Å². The first kappa shape index (κ1) is 16.7. The molecule has 0 bridgehead atoms. The number of hydrazine groups is 1. The maximum Gasteiger partial charge on any atom is 0.259 e. The molecule has 1 amide bonds. The van der Waals surface area contributed by atoms with Gasteiger partial charge in [0.25, 0.3) is 5.91 Å². The van der Waals surface area contributed by atoms with Crippen LogP contribution in [0.25, 0.3) is 11.1 Å². The summed E-state index contributed by atoms with van der Waals surface area (Å²) in [5.41, 5.74) is 16.6. The largest absolute Gasteiger partial charge is 0.316 e. The summed E-state index contributed by atoms with van der Waals surface area (Å²) in [5.74, 6) is -0.282.